The SMILES string of the molecule is CCOC1CC(CC(N)c2ccc3c(c2)CC(C)(C)O3)C1. The third kappa shape index (κ3) is 3.24. The van der Waals surface area contributed by atoms with Crippen molar-refractivity contribution in [3.8, 4) is 5.75 Å². The van der Waals surface area contributed by atoms with Crippen LogP contribution < -0.4 is 10.5 Å². The van der Waals surface area contributed by atoms with Gasteiger partial charge in [0.2, 0.25) is 0 Å². The summed E-state index contributed by atoms with van der Waals surface area (Å²) in [5, 5.41) is 0. The number of ether oxygens (including phenoxy) is 2. The molecular weight excluding hydrogens is 262 g/mol. The molecule has 21 heavy (non-hydrogen) atoms. The van der Waals surface area contributed by atoms with E-state index in [9.17, 15) is 0 Å². The van der Waals surface area contributed by atoms with Crippen LogP contribution in [0.4, 0.5) is 0 Å². The Morgan fingerprint density at radius 1 is 1.38 bits per heavy atom. The molecule has 0 spiro atoms. The highest BCUT2D eigenvalue weighted by molar-refractivity contribution is 5.42. The predicted molar refractivity (Wildman–Crippen MR) is 84.5 cm³/mol. The molecule has 1 fully saturated rings. The van der Waals surface area contributed by atoms with E-state index in [0.717, 1.165) is 31.1 Å². The molecule has 0 aromatic heterocycles. The van der Waals surface area contributed by atoms with Gasteiger partial charge in [0, 0.05) is 19.1 Å². The van der Waals surface area contributed by atoms with Crippen LogP contribution in [-0.4, -0.2) is 18.3 Å². The maximum absolute atomic E-state index is 6.40. The standard InChI is InChI=1S/C18H27NO2/c1-4-20-15-7-12(8-15)9-16(19)13-5-6-17-14(10-13)11-18(2,3)21-17/h5-6,10,12,15-16H,4,7-9,11,19H2,1-3H3. The molecule has 0 amide bonds. The van der Waals surface area contributed by atoms with E-state index >= 15 is 0 Å². The fraction of sp³-hybridized carbons (Fsp3) is 0.667. The number of rotatable bonds is 5. The van der Waals surface area contributed by atoms with Crippen LogP contribution in [0.25, 0.3) is 0 Å². The first-order chi connectivity index (χ1) is 9.97. The van der Waals surface area contributed by atoms with Gasteiger partial charge in [-0.25, -0.2) is 0 Å². The molecule has 3 heteroatoms. The lowest BCUT2D eigenvalue weighted by atomic mass is 9.77. The Hall–Kier alpha value is -1.06. The summed E-state index contributed by atoms with van der Waals surface area (Å²) in [5.41, 5.74) is 8.87. The van der Waals surface area contributed by atoms with E-state index in [1.54, 1.807) is 0 Å². The van der Waals surface area contributed by atoms with Gasteiger partial charge in [0.1, 0.15) is 11.4 Å². The van der Waals surface area contributed by atoms with Gasteiger partial charge in [-0.1, -0.05) is 12.1 Å². The topological polar surface area (TPSA) is 44.5 Å². The minimum atomic E-state index is -0.0796. The first kappa shape index (κ1) is 14.9. The highest BCUT2D eigenvalue weighted by Gasteiger charge is 2.32. The molecule has 2 N–H and O–H groups in total. The Bertz CT molecular complexity index is 506. The van der Waals surface area contributed by atoms with Gasteiger partial charge in [-0.15, -0.1) is 0 Å². The van der Waals surface area contributed by atoms with E-state index in [2.05, 4.69) is 39.0 Å². The zero-order valence-electron chi connectivity index (χ0n) is 13.4. The smallest absolute Gasteiger partial charge is 0.123 e. The van der Waals surface area contributed by atoms with E-state index in [0.29, 0.717) is 6.10 Å². The Labute approximate surface area is 127 Å². The molecule has 2 aliphatic rings. The Balaban J connectivity index is 1.58. The van der Waals surface area contributed by atoms with Gasteiger partial charge < -0.3 is 15.2 Å². The Morgan fingerprint density at radius 3 is 2.86 bits per heavy atom. The minimum absolute atomic E-state index is 0.0796. The fourth-order valence-electron chi connectivity index (χ4n) is 3.59. The van der Waals surface area contributed by atoms with E-state index in [4.69, 9.17) is 15.2 Å². The number of benzene rings is 1. The molecule has 0 saturated heterocycles. The maximum atomic E-state index is 6.40. The molecule has 1 unspecified atom stereocenters. The number of fused-ring (bicyclic) bond motifs is 1. The molecule has 116 valence electrons. The average Bonchev–Trinajstić information content (AvgIpc) is 2.68. The van der Waals surface area contributed by atoms with Crippen LogP contribution in [0, 0.1) is 5.92 Å². The van der Waals surface area contributed by atoms with Gasteiger partial charge in [0.05, 0.1) is 6.10 Å². The molecule has 1 aliphatic carbocycles. The normalized spacial score (nSPS) is 27.6. The monoisotopic (exact) mass is 289 g/mol. The van der Waals surface area contributed by atoms with E-state index in [1.165, 1.54) is 24.0 Å². The van der Waals surface area contributed by atoms with Crippen molar-refractivity contribution in [1.82, 2.24) is 0 Å². The minimum Gasteiger partial charge on any atom is -0.487 e. The first-order valence-corrected chi connectivity index (χ1v) is 8.16. The Kier molecular flexibility index (Phi) is 3.98. The molecule has 1 aromatic rings. The third-order valence-corrected chi connectivity index (χ3v) is 4.70. The number of hydrogen-bond donors (Lipinski definition) is 1. The van der Waals surface area contributed by atoms with Crippen molar-refractivity contribution < 1.29 is 9.47 Å². The van der Waals surface area contributed by atoms with Crippen LogP contribution in [0.3, 0.4) is 0 Å². The lowest BCUT2D eigenvalue weighted by Gasteiger charge is -2.36. The second kappa shape index (κ2) is 5.62. The molecule has 1 atom stereocenters. The van der Waals surface area contributed by atoms with Crippen molar-refractivity contribution in [1.29, 1.82) is 0 Å². The highest BCUT2D eigenvalue weighted by Crippen LogP contribution is 2.39. The van der Waals surface area contributed by atoms with Crippen LogP contribution in [0.15, 0.2) is 18.2 Å². The van der Waals surface area contributed by atoms with Crippen molar-refractivity contribution in [3.63, 3.8) is 0 Å². The van der Waals surface area contributed by atoms with Crippen molar-refractivity contribution in [2.45, 2.75) is 64.2 Å². The lowest BCUT2D eigenvalue weighted by molar-refractivity contribution is -0.0282. The summed E-state index contributed by atoms with van der Waals surface area (Å²) in [6.07, 6.45) is 4.85. The molecule has 1 aromatic carbocycles. The zero-order valence-corrected chi connectivity index (χ0v) is 13.4. The molecule has 1 saturated carbocycles. The molecule has 3 nitrogen and oxygen atoms in total. The summed E-state index contributed by atoms with van der Waals surface area (Å²) < 4.78 is 11.5. The molecule has 0 bridgehead atoms. The van der Waals surface area contributed by atoms with Crippen LogP contribution in [0.5, 0.6) is 5.75 Å². The van der Waals surface area contributed by atoms with Crippen molar-refractivity contribution in [2.75, 3.05) is 6.61 Å². The van der Waals surface area contributed by atoms with Gasteiger partial charge in [-0.2, -0.15) is 0 Å². The second-order valence-corrected chi connectivity index (χ2v) is 7.16. The fourth-order valence-corrected chi connectivity index (χ4v) is 3.59. The zero-order chi connectivity index (χ0) is 15.0. The average molecular weight is 289 g/mol. The quantitative estimate of drug-likeness (QED) is 0.900. The van der Waals surface area contributed by atoms with E-state index in [-0.39, 0.29) is 11.6 Å². The van der Waals surface area contributed by atoms with Gasteiger partial charge in [-0.05, 0) is 63.1 Å². The molecular formula is C18H27NO2. The summed E-state index contributed by atoms with van der Waals surface area (Å²) in [7, 11) is 0. The summed E-state index contributed by atoms with van der Waals surface area (Å²) >= 11 is 0. The summed E-state index contributed by atoms with van der Waals surface area (Å²) in [5.74, 6) is 1.74. The lowest BCUT2D eigenvalue weighted by Crippen LogP contribution is -2.33. The maximum Gasteiger partial charge on any atom is 0.123 e. The van der Waals surface area contributed by atoms with Gasteiger partial charge in [0.25, 0.3) is 0 Å². The highest BCUT2D eigenvalue weighted by atomic mass is 16.5. The van der Waals surface area contributed by atoms with Gasteiger partial charge in [-0.3, -0.25) is 0 Å². The van der Waals surface area contributed by atoms with Crippen LogP contribution >= 0.6 is 0 Å². The van der Waals surface area contributed by atoms with Gasteiger partial charge >= 0.3 is 0 Å². The summed E-state index contributed by atoms with van der Waals surface area (Å²) in [4.78, 5) is 0. The molecule has 0 radical (unpaired) electrons. The second-order valence-electron chi connectivity index (χ2n) is 7.16. The van der Waals surface area contributed by atoms with Gasteiger partial charge in [0.15, 0.2) is 0 Å². The predicted octanol–water partition coefficient (Wildman–Crippen LogP) is 3.61. The van der Waals surface area contributed by atoms with Crippen LogP contribution in [-0.2, 0) is 11.2 Å². The largest absolute Gasteiger partial charge is 0.487 e. The first-order valence-electron chi connectivity index (χ1n) is 8.16. The Morgan fingerprint density at radius 2 is 2.14 bits per heavy atom. The van der Waals surface area contributed by atoms with Crippen LogP contribution in [0.2, 0.25) is 0 Å². The van der Waals surface area contributed by atoms with E-state index < -0.39 is 0 Å². The molecule has 1 heterocycles. The van der Waals surface area contributed by atoms with Crippen LogP contribution in [0.1, 0.15) is 57.2 Å². The number of nitrogens with two attached hydrogens (primary N) is 1. The van der Waals surface area contributed by atoms with Crippen molar-refractivity contribution in [3.05, 3.63) is 29.3 Å². The summed E-state index contributed by atoms with van der Waals surface area (Å²) in [6.45, 7) is 7.15. The van der Waals surface area contributed by atoms with Crippen molar-refractivity contribution >= 4 is 0 Å². The third-order valence-electron chi connectivity index (χ3n) is 4.70. The molecule has 3 rings (SSSR count). The number of hydrogen-bond acceptors (Lipinski definition) is 3. The van der Waals surface area contributed by atoms with Crippen molar-refractivity contribution in [2.24, 2.45) is 11.7 Å². The molecule has 1 aliphatic heterocycles. The summed E-state index contributed by atoms with van der Waals surface area (Å²) in [6, 6.07) is 6.59. The van der Waals surface area contributed by atoms with E-state index in [1.807, 2.05) is 0 Å².